The second-order valence-corrected chi connectivity index (χ2v) is 5.02. The molecule has 1 saturated heterocycles. The number of piperidine rings is 1. The Morgan fingerprint density at radius 3 is 2.35 bits per heavy atom. The lowest BCUT2D eigenvalue weighted by atomic mass is 10.0. The Bertz CT molecular complexity index is 314. The van der Waals surface area contributed by atoms with Gasteiger partial charge in [-0.2, -0.15) is 0 Å². The Morgan fingerprint density at radius 2 is 1.80 bits per heavy atom. The fourth-order valence-corrected chi connectivity index (χ4v) is 2.19. The standard InChI is InChI=1S/C14H26N2O4/c1-4-19-13(17)11(3)10-15-12-6-8-16(9-7-12)14(18)20-5-2/h11-12,15H,4-10H2,1-3H3. The maximum absolute atomic E-state index is 11.6. The van der Waals surface area contributed by atoms with Crippen molar-refractivity contribution >= 4 is 12.1 Å². The van der Waals surface area contributed by atoms with Crippen molar-refractivity contribution < 1.29 is 19.1 Å². The number of rotatable bonds is 6. The third-order valence-corrected chi connectivity index (χ3v) is 3.42. The van der Waals surface area contributed by atoms with Crippen LogP contribution >= 0.6 is 0 Å². The molecule has 1 atom stereocenters. The molecule has 1 rings (SSSR count). The van der Waals surface area contributed by atoms with Gasteiger partial charge in [-0.05, 0) is 26.7 Å². The third-order valence-electron chi connectivity index (χ3n) is 3.42. The maximum atomic E-state index is 11.6. The van der Waals surface area contributed by atoms with E-state index in [2.05, 4.69) is 5.32 Å². The predicted molar refractivity (Wildman–Crippen MR) is 75.4 cm³/mol. The molecule has 1 unspecified atom stereocenters. The molecular formula is C14H26N2O4. The van der Waals surface area contributed by atoms with E-state index in [1.54, 1.807) is 4.90 Å². The zero-order chi connectivity index (χ0) is 15.0. The first-order chi connectivity index (χ1) is 9.58. The van der Waals surface area contributed by atoms with Gasteiger partial charge in [0.2, 0.25) is 0 Å². The molecule has 0 aromatic carbocycles. The molecule has 0 aromatic heterocycles. The van der Waals surface area contributed by atoms with Gasteiger partial charge in [0.25, 0.3) is 0 Å². The molecule has 0 spiro atoms. The van der Waals surface area contributed by atoms with Crippen LogP contribution in [0.2, 0.25) is 0 Å². The first kappa shape index (κ1) is 16.8. The van der Waals surface area contributed by atoms with Crippen LogP contribution in [0.1, 0.15) is 33.6 Å². The average molecular weight is 286 g/mol. The van der Waals surface area contributed by atoms with Crippen LogP contribution in [0.4, 0.5) is 4.79 Å². The van der Waals surface area contributed by atoms with E-state index in [9.17, 15) is 9.59 Å². The van der Waals surface area contributed by atoms with Crippen molar-refractivity contribution in [3.05, 3.63) is 0 Å². The maximum Gasteiger partial charge on any atom is 0.409 e. The quantitative estimate of drug-likeness (QED) is 0.747. The van der Waals surface area contributed by atoms with Crippen molar-refractivity contribution in [1.82, 2.24) is 10.2 Å². The van der Waals surface area contributed by atoms with E-state index in [1.165, 1.54) is 0 Å². The summed E-state index contributed by atoms with van der Waals surface area (Å²) in [5.41, 5.74) is 0. The zero-order valence-electron chi connectivity index (χ0n) is 12.7. The first-order valence-electron chi connectivity index (χ1n) is 7.40. The highest BCUT2D eigenvalue weighted by Gasteiger charge is 2.24. The van der Waals surface area contributed by atoms with Crippen LogP contribution in [-0.2, 0) is 14.3 Å². The summed E-state index contributed by atoms with van der Waals surface area (Å²) in [5, 5.41) is 3.37. The Morgan fingerprint density at radius 1 is 1.20 bits per heavy atom. The van der Waals surface area contributed by atoms with Crippen LogP contribution in [0.25, 0.3) is 0 Å². The van der Waals surface area contributed by atoms with Crippen molar-refractivity contribution in [2.75, 3.05) is 32.8 Å². The van der Waals surface area contributed by atoms with Crippen LogP contribution < -0.4 is 5.32 Å². The zero-order valence-corrected chi connectivity index (χ0v) is 12.7. The van der Waals surface area contributed by atoms with Crippen molar-refractivity contribution in [1.29, 1.82) is 0 Å². The smallest absolute Gasteiger partial charge is 0.409 e. The lowest BCUT2D eigenvalue weighted by molar-refractivity contribution is -0.147. The molecule has 0 radical (unpaired) electrons. The minimum absolute atomic E-state index is 0.141. The molecule has 0 saturated carbocycles. The van der Waals surface area contributed by atoms with Gasteiger partial charge in [0.05, 0.1) is 19.1 Å². The van der Waals surface area contributed by atoms with Crippen molar-refractivity contribution in [2.45, 2.75) is 39.7 Å². The second-order valence-electron chi connectivity index (χ2n) is 5.02. The predicted octanol–water partition coefficient (Wildman–Crippen LogP) is 1.40. The molecule has 1 amide bonds. The fraction of sp³-hybridized carbons (Fsp3) is 0.857. The minimum Gasteiger partial charge on any atom is -0.466 e. The number of carbonyl (C=O) groups is 2. The molecule has 6 nitrogen and oxygen atoms in total. The third kappa shape index (κ3) is 5.36. The summed E-state index contributed by atoms with van der Waals surface area (Å²) in [6.45, 7) is 8.32. The summed E-state index contributed by atoms with van der Waals surface area (Å²) in [4.78, 5) is 24.8. The van der Waals surface area contributed by atoms with Gasteiger partial charge in [-0.3, -0.25) is 4.79 Å². The molecule has 20 heavy (non-hydrogen) atoms. The summed E-state index contributed by atoms with van der Waals surface area (Å²) in [7, 11) is 0. The van der Waals surface area contributed by atoms with Gasteiger partial charge in [0.1, 0.15) is 0 Å². The molecule has 116 valence electrons. The Hall–Kier alpha value is -1.30. The Balaban J connectivity index is 2.22. The fourth-order valence-electron chi connectivity index (χ4n) is 2.19. The Labute approximate surface area is 120 Å². The highest BCUT2D eigenvalue weighted by Crippen LogP contribution is 2.12. The average Bonchev–Trinajstić information content (AvgIpc) is 2.45. The molecule has 1 aliphatic heterocycles. The van der Waals surface area contributed by atoms with E-state index in [4.69, 9.17) is 9.47 Å². The highest BCUT2D eigenvalue weighted by molar-refractivity contribution is 5.72. The number of ether oxygens (including phenoxy) is 2. The summed E-state index contributed by atoms with van der Waals surface area (Å²) in [5.74, 6) is -0.304. The topological polar surface area (TPSA) is 67.9 Å². The molecule has 1 fully saturated rings. The largest absolute Gasteiger partial charge is 0.466 e. The highest BCUT2D eigenvalue weighted by atomic mass is 16.6. The SMILES string of the molecule is CCOC(=O)C(C)CNC1CCN(C(=O)OCC)CC1. The molecule has 1 N–H and O–H groups in total. The molecule has 1 heterocycles. The van der Waals surface area contributed by atoms with Gasteiger partial charge in [-0.1, -0.05) is 6.92 Å². The monoisotopic (exact) mass is 286 g/mol. The molecule has 0 aliphatic carbocycles. The molecule has 0 bridgehead atoms. The number of likely N-dealkylation sites (tertiary alicyclic amines) is 1. The van der Waals surface area contributed by atoms with Crippen LogP contribution in [0.15, 0.2) is 0 Å². The van der Waals surface area contributed by atoms with E-state index >= 15 is 0 Å². The number of carbonyl (C=O) groups excluding carboxylic acids is 2. The molecule has 0 aromatic rings. The van der Waals surface area contributed by atoms with Crippen LogP contribution in [-0.4, -0.2) is 55.9 Å². The second kappa shape index (κ2) is 8.79. The Kier molecular flexibility index (Phi) is 7.36. The van der Waals surface area contributed by atoms with Gasteiger partial charge >= 0.3 is 12.1 Å². The molecule has 1 aliphatic rings. The van der Waals surface area contributed by atoms with Gasteiger partial charge in [-0.25, -0.2) is 4.79 Å². The minimum atomic E-state index is -0.231. The van der Waals surface area contributed by atoms with Crippen LogP contribution in [0.5, 0.6) is 0 Å². The summed E-state index contributed by atoms with van der Waals surface area (Å²) in [6, 6.07) is 0.345. The summed E-state index contributed by atoms with van der Waals surface area (Å²) >= 11 is 0. The molecular weight excluding hydrogens is 260 g/mol. The number of nitrogens with zero attached hydrogens (tertiary/aromatic N) is 1. The van der Waals surface area contributed by atoms with E-state index in [0.717, 1.165) is 12.8 Å². The van der Waals surface area contributed by atoms with Gasteiger partial charge in [-0.15, -0.1) is 0 Å². The van der Waals surface area contributed by atoms with Gasteiger partial charge in [0.15, 0.2) is 0 Å². The van der Waals surface area contributed by atoms with Crippen molar-refractivity contribution in [3.63, 3.8) is 0 Å². The van der Waals surface area contributed by atoms with E-state index < -0.39 is 0 Å². The van der Waals surface area contributed by atoms with E-state index in [0.29, 0.717) is 38.9 Å². The number of hydrogen-bond acceptors (Lipinski definition) is 5. The number of amides is 1. The first-order valence-corrected chi connectivity index (χ1v) is 7.40. The van der Waals surface area contributed by atoms with Crippen molar-refractivity contribution in [3.8, 4) is 0 Å². The normalized spacial score (nSPS) is 17.6. The summed E-state index contributed by atoms with van der Waals surface area (Å²) in [6.07, 6.45) is 1.54. The lowest BCUT2D eigenvalue weighted by Gasteiger charge is -2.32. The van der Waals surface area contributed by atoms with E-state index in [-0.39, 0.29) is 18.0 Å². The van der Waals surface area contributed by atoms with Crippen LogP contribution in [0.3, 0.4) is 0 Å². The summed E-state index contributed by atoms with van der Waals surface area (Å²) < 4.78 is 9.95. The van der Waals surface area contributed by atoms with E-state index in [1.807, 2.05) is 20.8 Å². The number of nitrogens with one attached hydrogen (secondary N) is 1. The molecule has 6 heteroatoms. The van der Waals surface area contributed by atoms with Crippen LogP contribution in [0, 0.1) is 5.92 Å². The number of hydrogen-bond donors (Lipinski definition) is 1. The van der Waals surface area contributed by atoms with Gasteiger partial charge in [0, 0.05) is 25.7 Å². The lowest BCUT2D eigenvalue weighted by Crippen LogP contribution is -2.46. The number of esters is 1. The van der Waals surface area contributed by atoms with Gasteiger partial charge < -0.3 is 19.7 Å². The van der Waals surface area contributed by atoms with Crippen molar-refractivity contribution in [2.24, 2.45) is 5.92 Å².